The van der Waals surface area contributed by atoms with Crippen molar-refractivity contribution in [3.05, 3.63) is 0 Å². The molecule has 1 aliphatic heterocycles. The summed E-state index contributed by atoms with van der Waals surface area (Å²) in [6.45, 7) is 0.124. The van der Waals surface area contributed by atoms with Gasteiger partial charge in [-0.1, -0.05) is 0 Å². The van der Waals surface area contributed by atoms with Crippen LogP contribution in [-0.2, 0) is 9.59 Å². The minimum Gasteiger partial charge on any atom is -0.480 e. The average Bonchev–Trinajstić information content (AvgIpc) is 2.59. The zero-order valence-corrected chi connectivity index (χ0v) is 9.67. The third-order valence-corrected chi connectivity index (χ3v) is 2.26. The predicted octanol–water partition coefficient (Wildman–Crippen LogP) is -1.02. The number of carboxylic acids is 1. The summed E-state index contributed by atoms with van der Waals surface area (Å²) in [5, 5.41) is 12.6. The molecule has 0 aromatic rings. The number of urea groups is 1. The molecular weight excluding hydrogens is 234 g/mol. The van der Waals surface area contributed by atoms with E-state index < -0.39 is 18.0 Å². The quantitative estimate of drug-likeness (QED) is 0.473. The summed E-state index contributed by atoms with van der Waals surface area (Å²) in [7, 11) is 0. The normalized spacial score (nSPS) is 15.6. The highest BCUT2D eigenvalue weighted by molar-refractivity contribution is 7.98. The third-order valence-electron chi connectivity index (χ3n) is 1.61. The Balaban J connectivity index is 0.000000288. The lowest BCUT2D eigenvalue weighted by Crippen LogP contribution is -2.30. The lowest BCUT2D eigenvalue weighted by atomic mass is 10.2. The number of rotatable bonds is 4. The SMILES string of the molecule is CSCC[C@H](N)C(=O)O.O=C1CNC(=O)N1. The fourth-order valence-electron chi connectivity index (χ4n) is 0.744. The lowest BCUT2D eigenvalue weighted by Gasteiger charge is -2.02. The van der Waals surface area contributed by atoms with Gasteiger partial charge in [0.2, 0.25) is 5.91 Å². The topological polar surface area (TPSA) is 122 Å². The molecule has 7 nitrogen and oxygen atoms in total. The summed E-state index contributed by atoms with van der Waals surface area (Å²) in [5.41, 5.74) is 5.19. The van der Waals surface area contributed by atoms with Crippen LogP contribution in [0.15, 0.2) is 0 Å². The van der Waals surface area contributed by atoms with Gasteiger partial charge in [-0.3, -0.25) is 14.9 Å². The Kier molecular flexibility index (Phi) is 7.31. The van der Waals surface area contributed by atoms with Crippen molar-refractivity contribution in [2.24, 2.45) is 5.73 Å². The van der Waals surface area contributed by atoms with Crippen molar-refractivity contribution in [1.29, 1.82) is 0 Å². The number of thioether (sulfide) groups is 1. The van der Waals surface area contributed by atoms with E-state index in [0.29, 0.717) is 6.42 Å². The van der Waals surface area contributed by atoms with Gasteiger partial charge in [-0.05, 0) is 18.4 Å². The lowest BCUT2D eigenvalue weighted by molar-refractivity contribution is -0.138. The summed E-state index contributed by atoms with van der Waals surface area (Å²) >= 11 is 1.60. The van der Waals surface area contributed by atoms with Crippen LogP contribution in [0.5, 0.6) is 0 Å². The van der Waals surface area contributed by atoms with Gasteiger partial charge in [0, 0.05) is 0 Å². The van der Waals surface area contributed by atoms with Crippen LogP contribution in [0.1, 0.15) is 6.42 Å². The zero-order chi connectivity index (χ0) is 12.6. The molecule has 1 aliphatic rings. The van der Waals surface area contributed by atoms with E-state index in [1.807, 2.05) is 11.6 Å². The molecule has 16 heavy (non-hydrogen) atoms. The minimum atomic E-state index is -0.913. The number of nitrogens with one attached hydrogen (secondary N) is 2. The Morgan fingerprint density at radius 2 is 2.25 bits per heavy atom. The van der Waals surface area contributed by atoms with Crippen molar-refractivity contribution in [3.63, 3.8) is 0 Å². The van der Waals surface area contributed by atoms with Crippen molar-refractivity contribution >= 4 is 29.7 Å². The van der Waals surface area contributed by atoms with Crippen LogP contribution in [0.4, 0.5) is 4.79 Å². The molecule has 0 saturated carbocycles. The van der Waals surface area contributed by atoms with Gasteiger partial charge in [-0.25, -0.2) is 4.79 Å². The van der Waals surface area contributed by atoms with Gasteiger partial charge in [0.25, 0.3) is 0 Å². The van der Waals surface area contributed by atoms with Gasteiger partial charge >= 0.3 is 12.0 Å². The van der Waals surface area contributed by atoms with Gasteiger partial charge in [0.15, 0.2) is 0 Å². The Bertz CT molecular complexity index is 258. The van der Waals surface area contributed by atoms with Crippen molar-refractivity contribution < 1.29 is 19.5 Å². The van der Waals surface area contributed by atoms with Crippen LogP contribution >= 0.6 is 11.8 Å². The Morgan fingerprint density at radius 3 is 2.50 bits per heavy atom. The van der Waals surface area contributed by atoms with Crippen LogP contribution in [0.25, 0.3) is 0 Å². The van der Waals surface area contributed by atoms with Crippen molar-refractivity contribution in [1.82, 2.24) is 10.6 Å². The van der Waals surface area contributed by atoms with E-state index >= 15 is 0 Å². The van der Waals surface area contributed by atoms with Crippen LogP contribution in [-0.4, -0.2) is 47.6 Å². The molecule has 0 bridgehead atoms. The smallest absolute Gasteiger partial charge is 0.321 e. The number of carboxylic acid groups (broad SMARTS) is 1. The van der Waals surface area contributed by atoms with E-state index in [0.717, 1.165) is 5.75 Å². The van der Waals surface area contributed by atoms with Gasteiger partial charge in [0.1, 0.15) is 6.04 Å². The van der Waals surface area contributed by atoms with Gasteiger partial charge in [-0.15, -0.1) is 0 Å². The van der Waals surface area contributed by atoms with E-state index in [-0.39, 0.29) is 12.5 Å². The number of amides is 3. The van der Waals surface area contributed by atoms with Crippen molar-refractivity contribution in [2.75, 3.05) is 18.6 Å². The second-order valence-electron chi connectivity index (χ2n) is 2.96. The molecule has 1 heterocycles. The number of carbonyl (C=O) groups excluding carboxylic acids is 2. The second kappa shape index (κ2) is 7.94. The zero-order valence-electron chi connectivity index (χ0n) is 8.86. The van der Waals surface area contributed by atoms with Crippen LogP contribution in [0.3, 0.4) is 0 Å². The first kappa shape index (κ1) is 14.7. The summed E-state index contributed by atoms with van der Waals surface area (Å²) in [6, 6.07) is -1.08. The number of nitrogens with two attached hydrogens (primary N) is 1. The Morgan fingerprint density at radius 1 is 1.62 bits per heavy atom. The molecule has 0 aromatic carbocycles. The van der Waals surface area contributed by atoms with E-state index in [1.54, 1.807) is 11.8 Å². The molecule has 1 fully saturated rings. The van der Waals surface area contributed by atoms with E-state index in [9.17, 15) is 14.4 Å². The molecule has 3 amide bonds. The first-order valence-corrected chi connectivity index (χ1v) is 5.91. The largest absolute Gasteiger partial charge is 0.480 e. The first-order valence-electron chi connectivity index (χ1n) is 4.52. The van der Waals surface area contributed by atoms with Crippen LogP contribution < -0.4 is 16.4 Å². The molecule has 1 rings (SSSR count). The average molecular weight is 249 g/mol. The maximum Gasteiger partial charge on any atom is 0.321 e. The molecule has 1 atom stereocenters. The van der Waals surface area contributed by atoms with Crippen molar-refractivity contribution in [2.45, 2.75) is 12.5 Å². The first-order chi connectivity index (χ1) is 7.47. The number of hydrogen-bond acceptors (Lipinski definition) is 5. The molecule has 92 valence electrons. The number of imide groups is 1. The molecule has 5 N–H and O–H groups in total. The molecular formula is C8H15N3O4S. The molecule has 0 spiro atoms. The fraction of sp³-hybridized carbons (Fsp3) is 0.625. The van der Waals surface area contributed by atoms with Crippen LogP contribution in [0.2, 0.25) is 0 Å². The maximum atomic E-state index is 10.1. The Hall–Kier alpha value is -1.28. The summed E-state index contributed by atoms with van der Waals surface area (Å²) in [6.07, 6.45) is 2.48. The maximum absolute atomic E-state index is 10.1. The third kappa shape index (κ3) is 7.07. The van der Waals surface area contributed by atoms with Crippen LogP contribution in [0, 0.1) is 0 Å². The summed E-state index contributed by atoms with van der Waals surface area (Å²) < 4.78 is 0. The molecule has 0 aromatic heterocycles. The molecule has 1 saturated heterocycles. The number of hydrogen-bond donors (Lipinski definition) is 4. The number of aliphatic carboxylic acids is 1. The fourth-order valence-corrected chi connectivity index (χ4v) is 1.23. The highest BCUT2D eigenvalue weighted by atomic mass is 32.2. The van der Waals surface area contributed by atoms with E-state index in [2.05, 4.69) is 5.32 Å². The summed E-state index contributed by atoms with van der Waals surface area (Å²) in [5.74, 6) is -0.359. The second-order valence-corrected chi connectivity index (χ2v) is 3.94. The van der Waals surface area contributed by atoms with Gasteiger partial charge in [-0.2, -0.15) is 11.8 Å². The molecule has 8 heteroatoms. The molecule has 0 unspecified atom stereocenters. The standard InChI is InChI=1S/C5H11NO2S.C3H4N2O2/c1-9-3-2-4(6)5(7)8;6-2-1-4-3(7)5-2/h4H,2-3,6H2,1H3,(H,7,8);1H2,(H2,4,5,6,7)/t4-;/m0./s1. The highest BCUT2D eigenvalue weighted by Crippen LogP contribution is 1.97. The van der Waals surface area contributed by atoms with E-state index in [4.69, 9.17) is 10.8 Å². The molecule has 0 aliphatic carbocycles. The Labute approximate surface area is 97.1 Å². The van der Waals surface area contributed by atoms with Gasteiger partial charge in [0.05, 0.1) is 6.54 Å². The minimum absolute atomic E-state index is 0.124. The summed E-state index contributed by atoms with van der Waals surface area (Å²) in [4.78, 5) is 30.1. The van der Waals surface area contributed by atoms with E-state index in [1.165, 1.54) is 0 Å². The predicted molar refractivity (Wildman–Crippen MR) is 60.2 cm³/mol. The van der Waals surface area contributed by atoms with Crippen molar-refractivity contribution in [3.8, 4) is 0 Å². The highest BCUT2D eigenvalue weighted by Gasteiger charge is 2.14. The van der Waals surface area contributed by atoms with Gasteiger partial charge < -0.3 is 16.2 Å². The molecule has 0 radical (unpaired) electrons. The number of carbonyl (C=O) groups is 3. The monoisotopic (exact) mass is 249 g/mol.